The molecule has 4 rings (SSSR count). The average molecular weight is 443 g/mol. The molecule has 0 saturated carbocycles. The molecule has 5 nitrogen and oxygen atoms in total. The van der Waals surface area contributed by atoms with Gasteiger partial charge in [-0.2, -0.15) is 0 Å². The molecule has 4 aromatic carbocycles. The third-order valence-corrected chi connectivity index (χ3v) is 5.91. The van der Waals surface area contributed by atoms with Crippen molar-refractivity contribution < 1.29 is 14.3 Å². The standard InChI is InChI=1S/C26H22N2O3S/c1-31-21-13-9-19(10-14-21)26(30)27-20-11-15-22(16-12-20)32-17-25(29)28-24-8-4-6-18-5-2-3-7-23(18)24/h2-16H,17H2,1H3,(H,27,30)(H,28,29). The first kappa shape index (κ1) is 21.5. The smallest absolute Gasteiger partial charge is 0.255 e. The molecular formula is C26H22N2O3S. The molecule has 32 heavy (non-hydrogen) atoms. The lowest BCUT2D eigenvalue weighted by Crippen LogP contribution is -2.14. The van der Waals surface area contributed by atoms with Crippen LogP contribution in [0.4, 0.5) is 11.4 Å². The topological polar surface area (TPSA) is 67.4 Å². The van der Waals surface area contributed by atoms with E-state index in [0.29, 0.717) is 22.8 Å². The van der Waals surface area contributed by atoms with Gasteiger partial charge in [-0.15, -0.1) is 11.8 Å². The Balaban J connectivity index is 1.31. The van der Waals surface area contributed by atoms with Crippen molar-refractivity contribution in [2.45, 2.75) is 4.90 Å². The lowest BCUT2D eigenvalue weighted by molar-refractivity contribution is -0.113. The third kappa shape index (κ3) is 5.28. The van der Waals surface area contributed by atoms with E-state index < -0.39 is 0 Å². The number of fused-ring (bicyclic) bond motifs is 1. The van der Waals surface area contributed by atoms with Crippen LogP contribution in [0.3, 0.4) is 0 Å². The maximum atomic E-state index is 12.4. The Morgan fingerprint density at radius 3 is 2.28 bits per heavy atom. The SMILES string of the molecule is COc1ccc(C(=O)Nc2ccc(SCC(=O)Nc3cccc4ccccc34)cc2)cc1. The van der Waals surface area contributed by atoms with Gasteiger partial charge in [0, 0.05) is 27.2 Å². The van der Waals surface area contributed by atoms with Gasteiger partial charge in [-0.3, -0.25) is 9.59 Å². The van der Waals surface area contributed by atoms with Gasteiger partial charge in [-0.25, -0.2) is 0 Å². The summed E-state index contributed by atoms with van der Waals surface area (Å²) in [7, 11) is 1.59. The van der Waals surface area contributed by atoms with Crippen LogP contribution in [0, 0.1) is 0 Å². The number of carbonyl (C=O) groups is 2. The van der Waals surface area contributed by atoms with Crippen LogP contribution < -0.4 is 15.4 Å². The second kappa shape index (κ2) is 10.0. The number of amides is 2. The molecule has 0 aliphatic rings. The van der Waals surface area contributed by atoms with E-state index in [4.69, 9.17) is 4.74 Å². The molecule has 0 aromatic heterocycles. The van der Waals surface area contributed by atoms with Crippen molar-refractivity contribution in [3.05, 3.63) is 96.6 Å². The van der Waals surface area contributed by atoms with E-state index in [-0.39, 0.29) is 11.8 Å². The van der Waals surface area contributed by atoms with E-state index in [1.165, 1.54) is 11.8 Å². The van der Waals surface area contributed by atoms with Gasteiger partial charge in [0.25, 0.3) is 5.91 Å². The summed E-state index contributed by atoms with van der Waals surface area (Å²) in [6.07, 6.45) is 0. The van der Waals surface area contributed by atoms with Crippen molar-refractivity contribution >= 4 is 45.7 Å². The van der Waals surface area contributed by atoms with Gasteiger partial charge in [-0.1, -0.05) is 36.4 Å². The first-order valence-corrected chi connectivity index (χ1v) is 11.1. The maximum absolute atomic E-state index is 12.4. The summed E-state index contributed by atoms with van der Waals surface area (Å²) < 4.78 is 5.11. The molecule has 0 saturated heterocycles. The first-order valence-electron chi connectivity index (χ1n) is 10.1. The predicted octanol–water partition coefficient (Wildman–Crippen LogP) is 5.83. The minimum atomic E-state index is -0.192. The van der Waals surface area contributed by atoms with Crippen LogP contribution >= 0.6 is 11.8 Å². The van der Waals surface area contributed by atoms with Crippen LogP contribution in [-0.2, 0) is 4.79 Å². The average Bonchev–Trinajstić information content (AvgIpc) is 2.84. The van der Waals surface area contributed by atoms with E-state index in [2.05, 4.69) is 10.6 Å². The zero-order valence-corrected chi connectivity index (χ0v) is 18.3. The van der Waals surface area contributed by atoms with Crippen molar-refractivity contribution in [2.75, 3.05) is 23.5 Å². The highest BCUT2D eigenvalue weighted by Gasteiger charge is 2.08. The monoisotopic (exact) mass is 442 g/mol. The lowest BCUT2D eigenvalue weighted by atomic mass is 10.1. The number of anilines is 2. The molecule has 0 atom stereocenters. The molecule has 0 bridgehead atoms. The fourth-order valence-electron chi connectivity index (χ4n) is 3.25. The van der Waals surface area contributed by atoms with Crippen molar-refractivity contribution in [3.63, 3.8) is 0 Å². The highest BCUT2D eigenvalue weighted by atomic mass is 32.2. The third-order valence-electron chi connectivity index (χ3n) is 4.90. The summed E-state index contributed by atoms with van der Waals surface area (Å²) in [5.74, 6) is 0.735. The van der Waals surface area contributed by atoms with Gasteiger partial charge in [0.2, 0.25) is 5.91 Å². The number of methoxy groups -OCH3 is 1. The number of hydrogen-bond acceptors (Lipinski definition) is 4. The number of benzene rings is 4. The van der Waals surface area contributed by atoms with E-state index in [9.17, 15) is 9.59 Å². The second-order valence-electron chi connectivity index (χ2n) is 7.07. The number of carbonyl (C=O) groups excluding carboxylic acids is 2. The Morgan fingerprint density at radius 1 is 0.812 bits per heavy atom. The highest BCUT2D eigenvalue weighted by Crippen LogP contribution is 2.25. The van der Waals surface area contributed by atoms with Crippen LogP contribution in [0.1, 0.15) is 10.4 Å². The van der Waals surface area contributed by atoms with Crippen LogP contribution in [0.15, 0.2) is 95.9 Å². The number of hydrogen-bond donors (Lipinski definition) is 2. The molecular weight excluding hydrogens is 420 g/mol. The largest absolute Gasteiger partial charge is 0.497 e. The van der Waals surface area contributed by atoms with E-state index >= 15 is 0 Å². The summed E-state index contributed by atoms with van der Waals surface area (Å²) in [6, 6.07) is 28.2. The quantitative estimate of drug-likeness (QED) is 0.353. The normalized spacial score (nSPS) is 10.5. The van der Waals surface area contributed by atoms with Gasteiger partial charge >= 0.3 is 0 Å². The molecule has 2 amide bonds. The van der Waals surface area contributed by atoms with Gasteiger partial charge in [0.05, 0.1) is 12.9 Å². The fraction of sp³-hybridized carbons (Fsp3) is 0.0769. The Labute approximate surface area is 190 Å². The summed E-state index contributed by atoms with van der Waals surface area (Å²) in [5, 5.41) is 7.97. The molecule has 4 aromatic rings. The zero-order chi connectivity index (χ0) is 22.3. The lowest BCUT2D eigenvalue weighted by Gasteiger charge is -2.09. The minimum absolute atomic E-state index is 0.0664. The number of rotatable bonds is 7. The van der Waals surface area contributed by atoms with Gasteiger partial charge in [-0.05, 0) is 60.0 Å². The van der Waals surface area contributed by atoms with Crippen molar-refractivity contribution in [1.29, 1.82) is 0 Å². The Bertz CT molecular complexity index is 1230. The molecule has 0 fully saturated rings. The highest BCUT2D eigenvalue weighted by molar-refractivity contribution is 8.00. The molecule has 6 heteroatoms. The second-order valence-corrected chi connectivity index (χ2v) is 8.12. The van der Waals surface area contributed by atoms with E-state index in [1.54, 1.807) is 31.4 Å². The molecule has 160 valence electrons. The summed E-state index contributed by atoms with van der Waals surface area (Å²) in [6.45, 7) is 0. The molecule has 0 spiro atoms. The summed E-state index contributed by atoms with van der Waals surface area (Å²) in [5.41, 5.74) is 2.05. The molecule has 0 aliphatic heterocycles. The number of nitrogens with one attached hydrogen (secondary N) is 2. The van der Waals surface area contributed by atoms with Gasteiger partial charge in [0.15, 0.2) is 0 Å². The van der Waals surface area contributed by atoms with E-state index in [0.717, 1.165) is 21.4 Å². The fourth-order valence-corrected chi connectivity index (χ4v) is 3.95. The predicted molar refractivity (Wildman–Crippen MR) is 131 cm³/mol. The number of thioether (sulfide) groups is 1. The molecule has 0 radical (unpaired) electrons. The molecule has 0 heterocycles. The number of ether oxygens (including phenoxy) is 1. The zero-order valence-electron chi connectivity index (χ0n) is 17.5. The van der Waals surface area contributed by atoms with E-state index in [1.807, 2.05) is 66.7 Å². The minimum Gasteiger partial charge on any atom is -0.497 e. The van der Waals surface area contributed by atoms with Crippen LogP contribution in [0.5, 0.6) is 5.75 Å². The Kier molecular flexibility index (Phi) is 6.72. The Hall–Kier alpha value is -3.77. The van der Waals surface area contributed by atoms with Gasteiger partial charge < -0.3 is 15.4 Å². The summed E-state index contributed by atoms with van der Waals surface area (Å²) in [4.78, 5) is 25.8. The summed E-state index contributed by atoms with van der Waals surface area (Å²) >= 11 is 1.44. The maximum Gasteiger partial charge on any atom is 0.255 e. The molecule has 0 aliphatic carbocycles. The van der Waals surface area contributed by atoms with Gasteiger partial charge in [0.1, 0.15) is 5.75 Å². The first-order chi connectivity index (χ1) is 15.6. The van der Waals surface area contributed by atoms with Crippen molar-refractivity contribution in [2.24, 2.45) is 0 Å². The Morgan fingerprint density at radius 2 is 1.53 bits per heavy atom. The van der Waals surface area contributed by atoms with Crippen molar-refractivity contribution in [1.82, 2.24) is 0 Å². The van der Waals surface area contributed by atoms with Crippen LogP contribution in [-0.4, -0.2) is 24.7 Å². The molecule has 0 unspecified atom stereocenters. The molecule has 2 N–H and O–H groups in total. The van der Waals surface area contributed by atoms with Crippen molar-refractivity contribution in [3.8, 4) is 5.75 Å². The van der Waals surface area contributed by atoms with Crippen LogP contribution in [0.2, 0.25) is 0 Å². The van der Waals surface area contributed by atoms with Crippen LogP contribution in [0.25, 0.3) is 10.8 Å².